The van der Waals surface area contributed by atoms with Crippen LogP contribution < -0.4 is 4.90 Å². The number of anilines is 1. The van der Waals surface area contributed by atoms with Crippen LogP contribution in [0.2, 0.25) is 5.02 Å². The van der Waals surface area contributed by atoms with E-state index in [1.807, 2.05) is 35.2 Å². The summed E-state index contributed by atoms with van der Waals surface area (Å²) in [4.78, 5) is 18.5. The first-order chi connectivity index (χ1) is 18.2. The summed E-state index contributed by atoms with van der Waals surface area (Å²) >= 11 is 6.10. The predicted octanol–water partition coefficient (Wildman–Crippen LogP) is 5.10. The van der Waals surface area contributed by atoms with E-state index < -0.39 is 15.9 Å². The number of piperidine rings is 1. The van der Waals surface area contributed by atoms with Crippen LogP contribution in [0, 0.1) is 19.8 Å². The summed E-state index contributed by atoms with van der Waals surface area (Å²) in [6.45, 7) is 7.47. The number of piperazine rings is 1. The average Bonchev–Trinajstić information content (AvgIpc) is 2.94. The van der Waals surface area contributed by atoms with Gasteiger partial charge in [0.25, 0.3) is 0 Å². The number of carbonyl (C=O) groups excluding carboxylic acids is 1. The van der Waals surface area contributed by atoms with Crippen LogP contribution in [0.3, 0.4) is 0 Å². The highest BCUT2D eigenvalue weighted by Gasteiger charge is 2.41. The molecule has 200 valence electrons. The van der Waals surface area contributed by atoms with E-state index in [1.165, 1.54) is 27.2 Å². The number of nitrogens with zero attached hydrogens (tertiary/aromatic N) is 3. The quantitative estimate of drug-likeness (QED) is 0.442. The Kier molecular flexibility index (Phi) is 7.80. The highest BCUT2D eigenvalue weighted by atomic mass is 35.5. The molecule has 3 aromatic carbocycles. The average molecular weight is 552 g/mol. The van der Waals surface area contributed by atoms with Crippen LogP contribution in [-0.4, -0.2) is 62.8 Å². The van der Waals surface area contributed by atoms with Gasteiger partial charge < -0.3 is 9.80 Å². The van der Waals surface area contributed by atoms with Gasteiger partial charge in [-0.2, -0.15) is 4.31 Å². The summed E-state index contributed by atoms with van der Waals surface area (Å²) in [5.74, 6) is -0.454. The largest absolute Gasteiger partial charge is 0.368 e. The van der Waals surface area contributed by atoms with Crippen LogP contribution >= 0.6 is 11.6 Å². The lowest BCUT2D eigenvalue weighted by Crippen LogP contribution is -2.54. The molecule has 1 amide bonds. The summed E-state index contributed by atoms with van der Waals surface area (Å²) in [6, 6.07) is 22.8. The number of carbonyl (C=O) groups is 1. The maximum atomic E-state index is 14.0. The molecule has 0 N–H and O–H groups in total. The molecule has 2 aliphatic rings. The van der Waals surface area contributed by atoms with Gasteiger partial charge in [-0.1, -0.05) is 60.1 Å². The van der Waals surface area contributed by atoms with Gasteiger partial charge in [0.05, 0.1) is 10.8 Å². The smallest absolute Gasteiger partial charge is 0.243 e. The molecule has 38 heavy (non-hydrogen) atoms. The van der Waals surface area contributed by atoms with E-state index in [2.05, 4.69) is 36.9 Å². The number of amides is 1. The van der Waals surface area contributed by atoms with Gasteiger partial charge in [0.15, 0.2) is 0 Å². The van der Waals surface area contributed by atoms with Crippen molar-refractivity contribution in [3.8, 4) is 0 Å². The Morgan fingerprint density at radius 2 is 1.61 bits per heavy atom. The van der Waals surface area contributed by atoms with Crippen LogP contribution in [0.5, 0.6) is 0 Å². The van der Waals surface area contributed by atoms with Crippen molar-refractivity contribution in [2.24, 2.45) is 5.92 Å². The number of hydrogen-bond acceptors (Lipinski definition) is 4. The van der Waals surface area contributed by atoms with E-state index in [1.54, 1.807) is 18.2 Å². The highest BCUT2D eigenvalue weighted by Crippen LogP contribution is 2.37. The molecule has 0 aliphatic carbocycles. The van der Waals surface area contributed by atoms with Gasteiger partial charge in [0.2, 0.25) is 15.9 Å². The fraction of sp³-hybridized carbons (Fsp3) is 0.367. The minimum Gasteiger partial charge on any atom is -0.368 e. The number of benzene rings is 3. The van der Waals surface area contributed by atoms with Gasteiger partial charge in [0, 0.05) is 50.0 Å². The first-order valence-corrected chi connectivity index (χ1v) is 15.0. The van der Waals surface area contributed by atoms with Crippen molar-refractivity contribution in [2.75, 3.05) is 44.2 Å². The fourth-order valence-corrected chi connectivity index (χ4v) is 7.51. The first-order valence-electron chi connectivity index (χ1n) is 13.2. The van der Waals surface area contributed by atoms with E-state index in [0.29, 0.717) is 31.1 Å². The monoisotopic (exact) mass is 551 g/mol. The molecule has 0 radical (unpaired) electrons. The number of aryl methyl sites for hydroxylation is 2. The lowest BCUT2D eigenvalue weighted by molar-refractivity contribution is -0.137. The minimum atomic E-state index is -3.77. The Morgan fingerprint density at radius 3 is 2.32 bits per heavy atom. The highest BCUT2D eigenvalue weighted by molar-refractivity contribution is 7.89. The Hall–Kier alpha value is -2.87. The standard InChI is InChI=1S/C30H34ClN3O3S/c1-22-11-12-23(2)29(19-22)32-15-17-33(18-16-32)30(35)28-21-34(14-13-27(28)24-7-4-3-5-8-24)38(36,37)26-10-6-9-25(31)20-26/h3-12,19-20,27-28H,13-18,21H2,1-2H3/t27-,28-/m0/s1. The van der Waals surface area contributed by atoms with Gasteiger partial charge in [-0.3, -0.25) is 4.79 Å². The summed E-state index contributed by atoms with van der Waals surface area (Å²) in [7, 11) is -3.77. The molecule has 2 saturated heterocycles. The third-order valence-corrected chi connectivity index (χ3v) is 9.95. The van der Waals surface area contributed by atoms with E-state index in [-0.39, 0.29) is 23.3 Å². The number of halogens is 1. The van der Waals surface area contributed by atoms with Gasteiger partial charge in [0.1, 0.15) is 0 Å². The Labute approximate surface area is 230 Å². The molecule has 8 heteroatoms. The second kappa shape index (κ2) is 11.1. The van der Waals surface area contributed by atoms with Crippen LogP contribution in [0.1, 0.15) is 29.0 Å². The summed E-state index contributed by atoms with van der Waals surface area (Å²) in [5.41, 5.74) is 4.75. The Morgan fingerprint density at radius 1 is 0.868 bits per heavy atom. The third-order valence-electron chi connectivity index (χ3n) is 7.85. The molecule has 0 unspecified atom stereocenters. The zero-order valence-electron chi connectivity index (χ0n) is 21.9. The van der Waals surface area contributed by atoms with Crippen molar-refractivity contribution < 1.29 is 13.2 Å². The lowest BCUT2D eigenvalue weighted by atomic mass is 9.80. The summed E-state index contributed by atoms with van der Waals surface area (Å²) in [5, 5.41) is 0.375. The van der Waals surface area contributed by atoms with Crippen LogP contribution in [0.15, 0.2) is 77.7 Å². The molecule has 6 nitrogen and oxygen atoms in total. The van der Waals surface area contributed by atoms with Crippen molar-refractivity contribution in [3.63, 3.8) is 0 Å². The predicted molar refractivity (Wildman–Crippen MR) is 152 cm³/mol. The minimum absolute atomic E-state index is 0.0328. The number of hydrogen-bond donors (Lipinski definition) is 0. The van der Waals surface area contributed by atoms with Crippen LogP contribution in [0.4, 0.5) is 5.69 Å². The number of sulfonamides is 1. The lowest BCUT2D eigenvalue weighted by Gasteiger charge is -2.42. The van der Waals surface area contributed by atoms with E-state index in [4.69, 9.17) is 11.6 Å². The normalized spacial score (nSPS) is 20.9. The molecule has 2 aliphatic heterocycles. The molecular formula is C30H34ClN3O3S. The van der Waals surface area contributed by atoms with E-state index in [9.17, 15) is 13.2 Å². The fourth-order valence-electron chi connectivity index (χ4n) is 5.73. The van der Waals surface area contributed by atoms with Crippen molar-refractivity contribution in [3.05, 3.63) is 94.5 Å². The second-order valence-corrected chi connectivity index (χ2v) is 12.7. The second-order valence-electron chi connectivity index (χ2n) is 10.3. The Bertz CT molecular complexity index is 1410. The zero-order chi connectivity index (χ0) is 26.9. The summed E-state index contributed by atoms with van der Waals surface area (Å²) in [6.07, 6.45) is 0.586. The first kappa shape index (κ1) is 26.7. The van der Waals surface area contributed by atoms with Gasteiger partial charge >= 0.3 is 0 Å². The molecule has 2 fully saturated rings. The maximum absolute atomic E-state index is 14.0. The molecule has 0 aromatic heterocycles. The van der Waals surface area contributed by atoms with Crippen molar-refractivity contribution in [1.29, 1.82) is 0 Å². The van der Waals surface area contributed by atoms with Crippen LogP contribution in [0.25, 0.3) is 0 Å². The molecule has 2 heterocycles. The molecule has 0 bridgehead atoms. The van der Waals surface area contributed by atoms with Gasteiger partial charge in [-0.25, -0.2) is 8.42 Å². The summed E-state index contributed by atoms with van der Waals surface area (Å²) < 4.78 is 28.5. The van der Waals surface area contributed by atoms with E-state index in [0.717, 1.165) is 18.7 Å². The molecule has 2 atom stereocenters. The van der Waals surface area contributed by atoms with Gasteiger partial charge in [-0.15, -0.1) is 0 Å². The molecule has 0 saturated carbocycles. The van der Waals surface area contributed by atoms with Crippen molar-refractivity contribution in [2.45, 2.75) is 31.1 Å². The van der Waals surface area contributed by atoms with E-state index >= 15 is 0 Å². The Balaban J connectivity index is 1.37. The van der Waals surface area contributed by atoms with Gasteiger partial charge in [-0.05, 0) is 67.1 Å². The number of rotatable bonds is 5. The SMILES string of the molecule is Cc1ccc(C)c(N2CCN(C(=O)[C@H]3CN(S(=O)(=O)c4cccc(Cl)c4)CC[C@H]3c3ccccc3)CC2)c1. The van der Waals surface area contributed by atoms with Crippen molar-refractivity contribution >= 4 is 33.2 Å². The molecule has 5 rings (SSSR count). The van der Waals surface area contributed by atoms with Crippen LogP contribution in [-0.2, 0) is 14.8 Å². The zero-order valence-corrected chi connectivity index (χ0v) is 23.5. The molecule has 3 aromatic rings. The molecule has 0 spiro atoms. The molecular weight excluding hydrogens is 518 g/mol. The topological polar surface area (TPSA) is 60.9 Å². The third kappa shape index (κ3) is 5.46. The maximum Gasteiger partial charge on any atom is 0.243 e. The van der Waals surface area contributed by atoms with Crippen molar-refractivity contribution in [1.82, 2.24) is 9.21 Å².